The fraction of sp³-hybridized carbons (Fsp3) is 0.0185. The predicted molar refractivity (Wildman–Crippen MR) is 238 cm³/mol. The maximum Gasteiger partial charge on any atom is 0.159 e. The van der Waals surface area contributed by atoms with Gasteiger partial charge < -0.3 is 5.32 Å². The number of benzene rings is 8. The van der Waals surface area contributed by atoms with Crippen molar-refractivity contribution in [2.45, 2.75) is 6.17 Å². The number of para-hydroxylation sites is 1. The minimum Gasteiger partial charge on any atom is -0.358 e. The number of aromatic nitrogens is 1. The lowest BCUT2D eigenvalue weighted by molar-refractivity contribution is 0.821. The molecule has 1 unspecified atom stereocenters. The molecule has 9 aromatic rings. The van der Waals surface area contributed by atoms with Gasteiger partial charge in [-0.3, -0.25) is 4.90 Å². The molecule has 57 heavy (non-hydrogen) atoms. The van der Waals surface area contributed by atoms with Crippen molar-refractivity contribution in [3.63, 3.8) is 0 Å². The second kappa shape index (κ2) is 15.0. The summed E-state index contributed by atoms with van der Waals surface area (Å²) in [6.07, 6.45) is 1.71. The second-order valence-corrected chi connectivity index (χ2v) is 14.5. The number of hydrogen-bond donors (Lipinski definition) is 1. The third-order valence-electron chi connectivity index (χ3n) is 11.0. The lowest BCUT2D eigenvalue weighted by Gasteiger charge is -2.27. The Morgan fingerprint density at radius 3 is 1.30 bits per heavy atom. The van der Waals surface area contributed by atoms with E-state index in [2.05, 4.69) is 229 Å². The highest BCUT2D eigenvalue weighted by molar-refractivity contribution is 5.96. The van der Waals surface area contributed by atoms with E-state index in [1.807, 2.05) is 6.20 Å². The predicted octanol–water partition coefficient (Wildman–Crippen LogP) is 14.3. The quantitative estimate of drug-likeness (QED) is 0.169. The van der Waals surface area contributed by atoms with Crippen LogP contribution in [0.3, 0.4) is 0 Å². The van der Waals surface area contributed by atoms with Crippen molar-refractivity contribution in [1.82, 2.24) is 4.98 Å². The van der Waals surface area contributed by atoms with E-state index in [0.717, 1.165) is 56.1 Å². The Balaban J connectivity index is 1.12. The van der Waals surface area contributed by atoms with Crippen molar-refractivity contribution in [3.8, 4) is 66.8 Å². The standard InChI is InChI=1S/C54H39N3/c1-5-15-38(16-6-1)40-25-29-42(30-26-40)45-35-46(43-31-27-41(28-32-43)39-17-7-2-8-18-39)37-47(36-45)53-56-52-51(33-34-55-54(52)57(53)48-21-11-4-12-22-48)50-24-14-13-23-49(50)44-19-9-3-10-20-44/h1-37,53,56H. The van der Waals surface area contributed by atoms with Crippen molar-refractivity contribution in [2.75, 3.05) is 10.2 Å². The lowest BCUT2D eigenvalue weighted by atomic mass is 9.93. The summed E-state index contributed by atoms with van der Waals surface area (Å²) in [6, 6.07) is 78.1. The Morgan fingerprint density at radius 2 is 0.772 bits per heavy atom. The molecule has 1 N–H and O–H groups in total. The van der Waals surface area contributed by atoms with Crippen LogP contribution in [-0.4, -0.2) is 4.98 Å². The SMILES string of the molecule is c1ccc(-c2ccc(-c3cc(-c4ccc(-c5ccccc5)cc4)cc(C4Nc5c(-c6ccccc6-c6ccccc6)ccnc5N4c4ccccc4)c3)cc2)cc1. The number of rotatable bonds is 8. The summed E-state index contributed by atoms with van der Waals surface area (Å²) < 4.78 is 0. The van der Waals surface area contributed by atoms with Crippen LogP contribution in [0.5, 0.6) is 0 Å². The first-order valence-corrected chi connectivity index (χ1v) is 19.5. The first kappa shape index (κ1) is 34.0. The van der Waals surface area contributed by atoms with Gasteiger partial charge in [-0.15, -0.1) is 0 Å². The van der Waals surface area contributed by atoms with Crippen LogP contribution in [0.4, 0.5) is 17.2 Å². The molecule has 0 bridgehead atoms. The average Bonchev–Trinajstić information content (AvgIpc) is 3.70. The van der Waals surface area contributed by atoms with Crippen LogP contribution in [0, 0.1) is 0 Å². The molecule has 0 amide bonds. The summed E-state index contributed by atoms with van der Waals surface area (Å²) in [5, 5.41) is 4.03. The molecule has 1 aliphatic heterocycles. The topological polar surface area (TPSA) is 28.2 Å². The van der Waals surface area contributed by atoms with Crippen LogP contribution in [-0.2, 0) is 0 Å². The molecule has 10 rings (SSSR count). The van der Waals surface area contributed by atoms with Crippen LogP contribution in [0.2, 0.25) is 0 Å². The molecule has 1 aromatic heterocycles. The zero-order valence-corrected chi connectivity index (χ0v) is 31.3. The van der Waals surface area contributed by atoms with Crippen LogP contribution in [0.1, 0.15) is 11.7 Å². The van der Waals surface area contributed by atoms with Crippen molar-refractivity contribution < 1.29 is 0 Å². The maximum atomic E-state index is 5.08. The van der Waals surface area contributed by atoms with Crippen molar-refractivity contribution in [1.29, 1.82) is 0 Å². The highest BCUT2D eigenvalue weighted by Crippen LogP contribution is 2.50. The molecule has 0 saturated carbocycles. The van der Waals surface area contributed by atoms with E-state index in [9.17, 15) is 0 Å². The van der Waals surface area contributed by atoms with Crippen LogP contribution < -0.4 is 10.2 Å². The Kier molecular flexibility index (Phi) is 8.94. The Hall–Kier alpha value is -7.49. The molecule has 2 heterocycles. The Morgan fingerprint density at radius 1 is 0.351 bits per heavy atom. The van der Waals surface area contributed by atoms with Crippen LogP contribution >= 0.6 is 0 Å². The van der Waals surface area contributed by atoms with Crippen LogP contribution in [0.15, 0.2) is 225 Å². The van der Waals surface area contributed by atoms with Gasteiger partial charge in [0.15, 0.2) is 5.82 Å². The number of nitrogens with zero attached hydrogens (tertiary/aromatic N) is 2. The van der Waals surface area contributed by atoms with E-state index in [-0.39, 0.29) is 6.17 Å². The average molecular weight is 730 g/mol. The van der Waals surface area contributed by atoms with Crippen LogP contribution in [0.25, 0.3) is 66.8 Å². The van der Waals surface area contributed by atoms with Gasteiger partial charge in [0.1, 0.15) is 6.17 Å². The lowest BCUT2D eigenvalue weighted by Crippen LogP contribution is -2.24. The molecule has 1 aliphatic rings. The van der Waals surface area contributed by atoms with E-state index < -0.39 is 0 Å². The number of nitrogens with one attached hydrogen (secondary N) is 1. The third kappa shape index (κ3) is 6.66. The van der Waals surface area contributed by atoms with Gasteiger partial charge in [0.2, 0.25) is 0 Å². The molecular weight excluding hydrogens is 691 g/mol. The number of hydrogen-bond acceptors (Lipinski definition) is 3. The minimum absolute atomic E-state index is 0.231. The van der Waals surface area contributed by atoms with Crippen molar-refractivity contribution in [2.24, 2.45) is 0 Å². The van der Waals surface area contributed by atoms with Gasteiger partial charge in [0, 0.05) is 17.4 Å². The molecule has 8 aromatic carbocycles. The molecule has 0 saturated heterocycles. The molecular formula is C54H39N3. The number of fused-ring (bicyclic) bond motifs is 1. The molecule has 0 spiro atoms. The molecule has 0 aliphatic carbocycles. The number of pyridine rings is 1. The smallest absolute Gasteiger partial charge is 0.159 e. The van der Waals surface area contributed by atoms with Gasteiger partial charge >= 0.3 is 0 Å². The minimum atomic E-state index is -0.231. The fourth-order valence-electron chi connectivity index (χ4n) is 8.12. The van der Waals surface area contributed by atoms with E-state index >= 15 is 0 Å². The molecule has 3 nitrogen and oxygen atoms in total. The van der Waals surface area contributed by atoms with Gasteiger partial charge in [-0.1, -0.05) is 182 Å². The summed E-state index contributed by atoms with van der Waals surface area (Å²) in [6.45, 7) is 0. The second-order valence-electron chi connectivity index (χ2n) is 14.5. The zero-order chi connectivity index (χ0) is 38.0. The molecule has 0 radical (unpaired) electrons. The monoisotopic (exact) mass is 729 g/mol. The van der Waals surface area contributed by atoms with E-state index in [1.54, 1.807) is 0 Å². The van der Waals surface area contributed by atoms with Crippen molar-refractivity contribution in [3.05, 3.63) is 230 Å². The normalized spacial score (nSPS) is 13.2. The largest absolute Gasteiger partial charge is 0.358 e. The van der Waals surface area contributed by atoms with Gasteiger partial charge in [-0.05, 0) is 103 Å². The van der Waals surface area contributed by atoms with Gasteiger partial charge in [-0.25, -0.2) is 4.98 Å². The van der Waals surface area contributed by atoms with Gasteiger partial charge in [0.25, 0.3) is 0 Å². The summed E-state index contributed by atoms with van der Waals surface area (Å²) in [5.74, 6) is 0.901. The highest BCUT2D eigenvalue weighted by atomic mass is 15.4. The highest BCUT2D eigenvalue weighted by Gasteiger charge is 2.35. The summed E-state index contributed by atoms with van der Waals surface area (Å²) in [7, 11) is 0. The van der Waals surface area contributed by atoms with Gasteiger partial charge in [-0.2, -0.15) is 0 Å². The first-order chi connectivity index (χ1) is 28.3. The molecule has 270 valence electrons. The fourth-order valence-corrected chi connectivity index (χ4v) is 8.12. The van der Waals surface area contributed by atoms with Crippen molar-refractivity contribution >= 4 is 17.2 Å². The summed E-state index contributed by atoms with van der Waals surface area (Å²) in [5.41, 5.74) is 17.3. The third-order valence-corrected chi connectivity index (χ3v) is 11.0. The van der Waals surface area contributed by atoms with E-state index in [0.29, 0.717) is 0 Å². The summed E-state index contributed by atoms with van der Waals surface area (Å²) in [4.78, 5) is 7.43. The Labute approximate surface area is 334 Å². The molecule has 3 heteroatoms. The van der Waals surface area contributed by atoms with Gasteiger partial charge in [0.05, 0.1) is 5.69 Å². The number of anilines is 3. The van der Waals surface area contributed by atoms with E-state index in [1.165, 1.54) is 33.4 Å². The Bertz CT molecular complexity index is 2680. The van der Waals surface area contributed by atoms with E-state index in [4.69, 9.17) is 4.98 Å². The zero-order valence-electron chi connectivity index (χ0n) is 31.3. The molecule has 1 atom stereocenters. The summed E-state index contributed by atoms with van der Waals surface area (Å²) >= 11 is 0. The molecule has 0 fully saturated rings. The maximum absolute atomic E-state index is 5.08. The first-order valence-electron chi connectivity index (χ1n) is 19.5.